The van der Waals surface area contributed by atoms with Gasteiger partial charge in [-0.05, 0) is 63.9 Å². The van der Waals surface area contributed by atoms with Gasteiger partial charge >= 0.3 is 0 Å². The Bertz CT molecular complexity index is 958. The fourth-order valence-electron chi connectivity index (χ4n) is 2.71. The fourth-order valence-corrected chi connectivity index (χ4v) is 3.43. The lowest BCUT2D eigenvalue weighted by Gasteiger charge is -2.20. The SMILES string of the molecule is CN(C)CCN(C)c1cnc2ccc(-c3cnc(N)c(SN(C)C)c3)cc2n1. The van der Waals surface area contributed by atoms with Crippen molar-refractivity contribution < 1.29 is 0 Å². The fraction of sp³-hybridized carbons (Fsp3) is 0.350. The molecule has 0 aliphatic heterocycles. The van der Waals surface area contributed by atoms with Gasteiger partial charge in [0, 0.05) is 31.9 Å². The first-order valence-corrected chi connectivity index (χ1v) is 9.84. The Morgan fingerprint density at radius 3 is 2.39 bits per heavy atom. The van der Waals surface area contributed by atoms with Gasteiger partial charge in [-0.1, -0.05) is 6.07 Å². The highest BCUT2D eigenvalue weighted by molar-refractivity contribution is 7.97. The predicted octanol–water partition coefficient (Wildman–Crippen LogP) is 2.84. The molecular weight excluding hydrogens is 370 g/mol. The molecule has 0 fully saturated rings. The van der Waals surface area contributed by atoms with E-state index in [-0.39, 0.29) is 0 Å². The van der Waals surface area contributed by atoms with Gasteiger partial charge in [0.1, 0.15) is 11.6 Å². The molecule has 2 aromatic heterocycles. The molecule has 0 atom stereocenters. The minimum Gasteiger partial charge on any atom is -0.383 e. The van der Waals surface area contributed by atoms with Crippen molar-refractivity contribution in [1.82, 2.24) is 24.2 Å². The molecule has 28 heavy (non-hydrogen) atoms. The summed E-state index contributed by atoms with van der Waals surface area (Å²) in [7, 11) is 10.1. The number of nitrogens with zero attached hydrogens (tertiary/aromatic N) is 6. The van der Waals surface area contributed by atoms with Crippen LogP contribution in [0.5, 0.6) is 0 Å². The Morgan fingerprint density at radius 1 is 0.893 bits per heavy atom. The average Bonchev–Trinajstić information content (AvgIpc) is 2.66. The third kappa shape index (κ3) is 4.89. The average molecular weight is 398 g/mol. The second-order valence-electron chi connectivity index (χ2n) is 7.17. The number of anilines is 2. The topological polar surface area (TPSA) is 74.4 Å². The summed E-state index contributed by atoms with van der Waals surface area (Å²) < 4.78 is 2.00. The van der Waals surface area contributed by atoms with Crippen LogP contribution >= 0.6 is 11.9 Å². The van der Waals surface area contributed by atoms with Gasteiger partial charge in [0.2, 0.25) is 0 Å². The maximum Gasteiger partial charge on any atom is 0.147 e. The number of benzene rings is 1. The van der Waals surface area contributed by atoms with Gasteiger partial charge in [-0.25, -0.2) is 9.97 Å². The van der Waals surface area contributed by atoms with Gasteiger partial charge in [-0.3, -0.25) is 9.29 Å². The Balaban J connectivity index is 1.93. The molecule has 0 saturated carbocycles. The number of nitrogens with two attached hydrogens (primary N) is 1. The van der Waals surface area contributed by atoms with Gasteiger partial charge in [-0.2, -0.15) is 0 Å². The molecule has 2 N–H and O–H groups in total. The van der Waals surface area contributed by atoms with Crippen LogP contribution in [0.2, 0.25) is 0 Å². The number of rotatable bonds is 7. The number of fused-ring (bicyclic) bond motifs is 1. The van der Waals surface area contributed by atoms with Crippen molar-refractivity contribution in [3.05, 3.63) is 36.7 Å². The zero-order valence-electron chi connectivity index (χ0n) is 17.0. The second kappa shape index (κ2) is 8.72. The summed E-state index contributed by atoms with van der Waals surface area (Å²) in [5.74, 6) is 1.40. The first-order chi connectivity index (χ1) is 13.3. The number of likely N-dealkylation sites (N-methyl/N-ethyl adjacent to an activating group) is 2. The number of nitrogen functional groups attached to an aromatic ring is 1. The quantitative estimate of drug-likeness (QED) is 0.610. The van der Waals surface area contributed by atoms with Crippen LogP contribution in [0.3, 0.4) is 0 Å². The van der Waals surface area contributed by atoms with Gasteiger partial charge < -0.3 is 15.5 Å². The highest BCUT2D eigenvalue weighted by atomic mass is 32.2. The number of pyridine rings is 1. The first kappa shape index (κ1) is 20.3. The first-order valence-electron chi connectivity index (χ1n) is 9.07. The minimum atomic E-state index is 0.535. The summed E-state index contributed by atoms with van der Waals surface area (Å²) >= 11 is 1.56. The van der Waals surface area contributed by atoms with Crippen molar-refractivity contribution in [3.8, 4) is 11.1 Å². The Hall–Kier alpha value is -2.42. The van der Waals surface area contributed by atoms with Crippen LogP contribution in [0.15, 0.2) is 41.6 Å². The van der Waals surface area contributed by atoms with E-state index < -0.39 is 0 Å². The molecule has 2 heterocycles. The molecule has 1 aromatic carbocycles. The van der Waals surface area contributed by atoms with E-state index in [1.807, 2.05) is 43.8 Å². The Kier molecular flexibility index (Phi) is 6.33. The van der Waals surface area contributed by atoms with Crippen molar-refractivity contribution in [1.29, 1.82) is 0 Å². The predicted molar refractivity (Wildman–Crippen MR) is 119 cm³/mol. The molecule has 0 radical (unpaired) electrons. The zero-order valence-corrected chi connectivity index (χ0v) is 17.9. The van der Waals surface area contributed by atoms with Crippen molar-refractivity contribution in [3.63, 3.8) is 0 Å². The monoisotopic (exact) mass is 397 g/mol. The summed E-state index contributed by atoms with van der Waals surface area (Å²) in [6.07, 6.45) is 3.63. The summed E-state index contributed by atoms with van der Waals surface area (Å²) in [5.41, 5.74) is 9.81. The van der Waals surface area contributed by atoms with E-state index in [0.29, 0.717) is 5.82 Å². The second-order valence-corrected chi connectivity index (χ2v) is 8.52. The van der Waals surface area contributed by atoms with E-state index in [2.05, 4.69) is 46.0 Å². The molecule has 0 bridgehead atoms. The maximum absolute atomic E-state index is 6.02. The summed E-state index contributed by atoms with van der Waals surface area (Å²) in [6.45, 7) is 1.85. The highest BCUT2D eigenvalue weighted by Gasteiger charge is 2.10. The number of hydrogen-bond acceptors (Lipinski definition) is 8. The van der Waals surface area contributed by atoms with E-state index in [9.17, 15) is 0 Å². The van der Waals surface area contributed by atoms with Gasteiger partial charge in [0.05, 0.1) is 22.1 Å². The van der Waals surface area contributed by atoms with E-state index in [4.69, 9.17) is 10.7 Å². The van der Waals surface area contributed by atoms with Gasteiger partial charge in [0.25, 0.3) is 0 Å². The molecule has 0 amide bonds. The lowest BCUT2D eigenvalue weighted by molar-refractivity contribution is 0.416. The minimum absolute atomic E-state index is 0.535. The smallest absolute Gasteiger partial charge is 0.147 e. The number of hydrogen-bond donors (Lipinski definition) is 1. The Labute approximate surface area is 170 Å². The van der Waals surface area contributed by atoms with E-state index in [1.54, 1.807) is 18.1 Å². The standard InChI is InChI=1S/C20H27N7S/c1-25(2)8-9-27(5)19-13-22-16-7-6-14(10-17(16)24-19)15-11-18(28-26(3)4)20(21)23-12-15/h6-7,10-13H,8-9H2,1-5H3,(H2,21,23). The van der Waals surface area contributed by atoms with Crippen LogP contribution in [0.4, 0.5) is 11.6 Å². The van der Waals surface area contributed by atoms with Crippen LogP contribution < -0.4 is 10.6 Å². The largest absolute Gasteiger partial charge is 0.383 e. The third-order valence-electron chi connectivity index (χ3n) is 4.30. The van der Waals surface area contributed by atoms with E-state index in [0.717, 1.165) is 46.0 Å². The molecule has 148 valence electrons. The molecule has 3 aromatic rings. The maximum atomic E-state index is 6.02. The van der Waals surface area contributed by atoms with E-state index in [1.165, 1.54) is 0 Å². The molecule has 0 spiro atoms. The molecule has 0 aliphatic carbocycles. The lowest BCUT2D eigenvalue weighted by atomic mass is 10.1. The van der Waals surface area contributed by atoms with E-state index >= 15 is 0 Å². The molecular formula is C20H27N7S. The van der Waals surface area contributed by atoms with Crippen LogP contribution in [0.1, 0.15) is 0 Å². The molecule has 0 unspecified atom stereocenters. The zero-order chi connectivity index (χ0) is 20.3. The van der Waals surface area contributed by atoms with Gasteiger partial charge in [-0.15, -0.1) is 0 Å². The molecule has 7 nitrogen and oxygen atoms in total. The summed E-state index contributed by atoms with van der Waals surface area (Å²) in [5, 5.41) is 0. The van der Waals surface area contributed by atoms with Crippen LogP contribution in [-0.4, -0.2) is 72.5 Å². The normalized spacial score (nSPS) is 11.5. The third-order valence-corrected chi connectivity index (χ3v) is 5.19. The van der Waals surface area contributed by atoms with Crippen molar-refractivity contribution in [2.45, 2.75) is 4.90 Å². The molecule has 3 rings (SSSR count). The molecule has 0 saturated heterocycles. The van der Waals surface area contributed by atoms with Crippen molar-refractivity contribution >= 4 is 34.6 Å². The number of aromatic nitrogens is 3. The van der Waals surface area contributed by atoms with Gasteiger partial charge in [0.15, 0.2) is 0 Å². The van der Waals surface area contributed by atoms with Crippen molar-refractivity contribution in [2.75, 3.05) is 59.0 Å². The van der Waals surface area contributed by atoms with Crippen LogP contribution in [0, 0.1) is 0 Å². The molecule has 8 heteroatoms. The van der Waals surface area contributed by atoms with Crippen LogP contribution in [0.25, 0.3) is 22.2 Å². The van der Waals surface area contributed by atoms with Crippen LogP contribution in [-0.2, 0) is 0 Å². The highest BCUT2D eigenvalue weighted by Crippen LogP contribution is 2.30. The lowest BCUT2D eigenvalue weighted by Crippen LogP contribution is -2.29. The summed E-state index contributed by atoms with van der Waals surface area (Å²) in [6, 6.07) is 8.16. The van der Waals surface area contributed by atoms with Crippen molar-refractivity contribution in [2.24, 2.45) is 0 Å². The summed E-state index contributed by atoms with van der Waals surface area (Å²) in [4.78, 5) is 19.0. The molecule has 0 aliphatic rings. The Morgan fingerprint density at radius 2 is 1.68 bits per heavy atom.